The van der Waals surface area contributed by atoms with Crippen LogP contribution in [-0.2, 0) is 23.1 Å². The molecule has 2 heterocycles. The number of para-hydroxylation sites is 2. The first-order chi connectivity index (χ1) is 13.5. The summed E-state index contributed by atoms with van der Waals surface area (Å²) < 4.78 is 35.5. The monoisotopic (exact) mass is 431 g/mol. The number of allylic oxidation sites excluding steroid dienone is 1. The molecule has 0 aliphatic rings. The third-order valence-electron chi connectivity index (χ3n) is 4.31. The van der Waals surface area contributed by atoms with Gasteiger partial charge in [0.1, 0.15) is 4.70 Å². The number of aromatic nitrogens is 2. The maximum Gasteiger partial charge on any atom is 0.265 e. The van der Waals surface area contributed by atoms with Crippen molar-refractivity contribution in [1.82, 2.24) is 4.98 Å². The minimum Gasteiger partial charge on any atom is -0.286 e. The highest BCUT2D eigenvalue weighted by molar-refractivity contribution is 7.85. The number of aryl methyl sites for hydroxylation is 1. The van der Waals surface area contributed by atoms with E-state index in [1.165, 1.54) is 4.70 Å². The van der Waals surface area contributed by atoms with Gasteiger partial charge in [-0.25, -0.2) is 4.98 Å². The molecule has 0 saturated heterocycles. The number of thiazole rings is 2. The summed E-state index contributed by atoms with van der Waals surface area (Å²) in [5.41, 5.74) is 2.10. The summed E-state index contributed by atoms with van der Waals surface area (Å²) in [5.74, 6) is -0.237. The van der Waals surface area contributed by atoms with E-state index in [-0.39, 0.29) is 5.75 Å². The Morgan fingerprint density at radius 2 is 1.79 bits per heavy atom. The molecule has 4 rings (SSSR count). The number of hydrogen-bond acceptors (Lipinski definition) is 5. The van der Waals surface area contributed by atoms with Crippen LogP contribution in [0.25, 0.3) is 26.5 Å². The van der Waals surface area contributed by atoms with Gasteiger partial charge in [-0.05, 0) is 18.2 Å². The Morgan fingerprint density at radius 3 is 2.57 bits per heavy atom. The summed E-state index contributed by atoms with van der Waals surface area (Å²) in [6.45, 7) is 0.532. The molecule has 4 aromatic rings. The van der Waals surface area contributed by atoms with Crippen LogP contribution in [0.3, 0.4) is 0 Å². The summed E-state index contributed by atoms with van der Waals surface area (Å²) in [6, 6.07) is 16.2. The largest absolute Gasteiger partial charge is 0.286 e. The van der Waals surface area contributed by atoms with E-state index < -0.39 is 10.1 Å². The van der Waals surface area contributed by atoms with Crippen LogP contribution < -0.4 is 4.57 Å². The van der Waals surface area contributed by atoms with Gasteiger partial charge >= 0.3 is 0 Å². The first kappa shape index (κ1) is 19.2. The predicted molar refractivity (Wildman–Crippen MR) is 115 cm³/mol. The van der Waals surface area contributed by atoms with E-state index >= 15 is 0 Å². The van der Waals surface area contributed by atoms with E-state index in [1.54, 1.807) is 22.7 Å². The molecule has 2 aromatic carbocycles. The number of fused-ring (bicyclic) bond motifs is 2. The molecule has 1 N–H and O–H groups in total. The Bertz CT molecular complexity index is 1220. The van der Waals surface area contributed by atoms with Crippen LogP contribution in [0.4, 0.5) is 0 Å². The molecule has 0 radical (unpaired) electrons. The van der Waals surface area contributed by atoms with Crippen molar-refractivity contribution in [3.05, 3.63) is 64.6 Å². The highest BCUT2D eigenvalue weighted by Crippen LogP contribution is 2.24. The second kappa shape index (κ2) is 8.08. The summed E-state index contributed by atoms with van der Waals surface area (Å²) in [4.78, 5) is 4.66. The topological polar surface area (TPSA) is 71.1 Å². The molecule has 0 atom stereocenters. The van der Waals surface area contributed by atoms with E-state index in [1.807, 2.05) is 36.4 Å². The van der Waals surface area contributed by atoms with Gasteiger partial charge in [-0.15, -0.1) is 11.3 Å². The van der Waals surface area contributed by atoms with Crippen LogP contribution in [0, 0.1) is 0 Å². The van der Waals surface area contributed by atoms with Crippen molar-refractivity contribution in [3.63, 3.8) is 0 Å². The summed E-state index contributed by atoms with van der Waals surface area (Å²) in [5, 5.41) is 2.12. The third-order valence-corrected chi connectivity index (χ3v) is 7.31. The van der Waals surface area contributed by atoms with Gasteiger partial charge in [-0.3, -0.25) is 4.55 Å². The Balaban J connectivity index is 1.56. The number of rotatable bonds is 7. The Labute approximate surface area is 171 Å². The lowest BCUT2D eigenvalue weighted by molar-refractivity contribution is -0.668. The van der Waals surface area contributed by atoms with Crippen molar-refractivity contribution in [1.29, 1.82) is 0 Å². The molecule has 0 aliphatic heterocycles. The van der Waals surface area contributed by atoms with Crippen molar-refractivity contribution in [3.8, 4) is 0 Å². The zero-order valence-electron chi connectivity index (χ0n) is 15.0. The number of benzene rings is 2. The Morgan fingerprint density at radius 1 is 1.04 bits per heavy atom. The van der Waals surface area contributed by atoms with E-state index in [4.69, 9.17) is 4.55 Å². The van der Waals surface area contributed by atoms with E-state index in [9.17, 15) is 8.42 Å². The first-order valence-electron chi connectivity index (χ1n) is 8.87. The lowest BCUT2D eigenvalue weighted by Gasteiger charge is -1.97. The van der Waals surface area contributed by atoms with E-state index in [0.29, 0.717) is 13.0 Å². The standard InChI is InChI=1S/C20H18N2O3S3/c23-28(24,25)14-6-13-22-16-8-2-4-10-18(16)27-20(22)12-5-11-19-21-15-7-1-3-9-17(15)26-19/h1-5,7-10,12H,6,11,13-14H2/p+1. The van der Waals surface area contributed by atoms with Crippen molar-refractivity contribution in [2.45, 2.75) is 19.4 Å². The predicted octanol–water partition coefficient (Wildman–Crippen LogP) is 4.33. The molecule has 0 fully saturated rings. The molecule has 0 saturated carbocycles. The molecular formula is C20H19N2O3S3+. The summed E-state index contributed by atoms with van der Waals surface area (Å²) >= 11 is 3.37. The van der Waals surface area contributed by atoms with Gasteiger partial charge in [0.05, 0.1) is 21.0 Å². The summed E-state index contributed by atoms with van der Waals surface area (Å²) in [6.07, 6.45) is 5.29. The Hall–Kier alpha value is -2.13. The van der Waals surface area contributed by atoms with Gasteiger partial charge in [0.2, 0.25) is 5.52 Å². The molecule has 28 heavy (non-hydrogen) atoms. The van der Waals surface area contributed by atoms with Gasteiger partial charge in [0, 0.05) is 25.0 Å². The van der Waals surface area contributed by atoms with Crippen molar-refractivity contribution in [2.24, 2.45) is 0 Å². The number of nitrogens with zero attached hydrogens (tertiary/aromatic N) is 2. The van der Waals surface area contributed by atoms with Gasteiger partial charge in [0.25, 0.3) is 15.1 Å². The molecule has 8 heteroatoms. The zero-order chi connectivity index (χ0) is 19.6. The SMILES string of the molecule is O=S(=O)(O)CCC[n+]1c(C=CCc2nc3ccccc3s2)sc2ccccc21. The molecule has 0 amide bonds. The average molecular weight is 432 g/mol. The molecule has 2 aromatic heterocycles. The smallest absolute Gasteiger partial charge is 0.265 e. The van der Waals surface area contributed by atoms with Crippen LogP contribution in [-0.4, -0.2) is 23.7 Å². The van der Waals surface area contributed by atoms with Crippen LogP contribution in [0.1, 0.15) is 16.4 Å². The van der Waals surface area contributed by atoms with Gasteiger partial charge in [-0.1, -0.05) is 41.7 Å². The van der Waals surface area contributed by atoms with Crippen LogP contribution in [0.2, 0.25) is 0 Å². The first-order valence-corrected chi connectivity index (χ1v) is 12.1. The van der Waals surface area contributed by atoms with Crippen molar-refractivity contribution >= 4 is 59.3 Å². The second-order valence-corrected chi connectivity index (χ2v) is 10.1. The van der Waals surface area contributed by atoms with Crippen LogP contribution in [0.5, 0.6) is 0 Å². The lowest BCUT2D eigenvalue weighted by Crippen LogP contribution is -2.35. The molecule has 0 aliphatic carbocycles. The Kier molecular flexibility index (Phi) is 5.54. The average Bonchev–Trinajstić information content (AvgIpc) is 3.22. The second-order valence-electron chi connectivity index (χ2n) is 6.38. The third kappa shape index (κ3) is 4.47. The molecule has 0 bridgehead atoms. The maximum atomic E-state index is 11.0. The molecule has 0 spiro atoms. The van der Waals surface area contributed by atoms with Gasteiger partial charge in [0.15, 0.2) is 6.54 Å². The molecule has 0 unspecified atom stereocenters. The molecule has 5 nitrogen and oxygen atoms in total. The zero-order valence-corrected chi connectivity index (χ0v) is 17.4. The van der Waals surface area contributed by atoms with E-state index in [0.717, 1.165) is 32.2 Å². The fourth-order valence-electron chi connectivity index (χ4n) is 3.08. The molecular weight excluding hydrogens is 412 g/mol. The lowest BCUT2D eigenvalue weighted by atomic mass is 10.3. The van der Waals surface area contributed by atoms with E-state index in [2.05, 4.69) is 33.8 Å². The van der Waals surface area contributed by atoms with Gasteiger partial charge < -0.3 is 0 Å². The summed E-state index contributed by atoms with van der Waals surface area (Å²) in [7, 11) is -3.94. The quantitative estimate of drug-likeness (QED) is 0.349. The molecule has 144 valence electrons. The normalized spacial score (nSPS) is 12.5. The van der Waals surface area contributed by atoms with Crippen LogP contribution in [0.15, 0.2) is 54.6 Å². The highest BCUT2D eigenvalue weighted by atomic mass is 32.2. The van der Waals surface area contributed by atoms with Gasteiger partial charge in [-0.2, -0.15) is 13.0 Å². The minimum absolute atomic E-state index is 0.237. The van der Waals surface area contributed by atoms with Crippen molar-refractivity contribution in [2.75, 3.05) is 5.75 Å². The highest BCUT2D eigenvalue weighted by Gasteiger charge is 2.19. The minimum atomic E-state index is -3.94. The number of hydrogen-bond donors (Lipinski definition) is 1. The van der Waals surface area contributed by atoms with Crippen molar-refractivity contribution < 1.29 is 17.5 Å². The maximum absolute atomic E-state index is 11.0. The fraction of sp³-hybridized carbons (Fsp3) is 0.200. The fourth-order valence-corrected chi connectivity index (χ4v) is 5.64. The van der Waals surface area contributed by atoms with Crippen LogP contribution >= 0.6 is 22.7 Å².